The maximum absolute atomic E-state index is 11.7. The molecule has 0 aliphatic heterocycles. The molecule has 3 aromatic carbocycles. The van der Waals surface area contributed by atoms with E-state index in [0.717, 1.165) is 16.9 Å². The van der Waals surface area contributed by atoms with E-state index < -0.39 is 11.1 Å². The lowest BCUT2D eigenvalue weighted by molar-refractivity contribution is -0.384. The molecule has 7 heteroatoms. The lowest BCUT2D eigenvalue weighted by atomic mass is 10.2. The molecule has 0 bridgehead atoms. The van der Waals surface area contributed by atoms with Gasteiger partial charge in [0.1, 0.15) is 25.6 Å². The quantitative estimate of drug-likeness (QED) is 0.285. The molecule has 0 aliphatic carbocycles. The minimum Gasteiger partial charge on any atom is -0.489 e. The highest BCUT2D eigenvalue weighted by molar-refractivity contribution is 5.60. The largest absolute Gasteiger partial charge is 0.508 e. The maximum atomic E-state index is 11.7. The molecule has 0 saturated carbocycles. The Hall–Kier alpha value is -3.87. The highest BCUT2D eigenvalue weighted by Gasteiger charge is 2.08. The van der Waals surface area contributed by atoms with Crippen LogP contribution < -0.4 is 4.74 Å². The molecule has 0 fully saturated rings. The number of carbonyl (C=O) groups excluding carboxylic acids is 1. The number of hydrogen-bond acceptors (Lipinski definition) is 6. The van der Waals surface area contributed by atoms with E-state index in [-0.39, 0.29) is 18.9 Å². The molecule has 3 aromatic rings. The maximum Gasteiger partial charge on any atom is 0.508 e. The number of aryl methyl sites for hydroxylation is 1. The van der Waals surface area contributed by atoms with Crippen LogP contribution in [0.15, 0.2) is 72.8 Å². The van der Waals surface area contributed by atoms with Crippen LogP contribution in [0.4, 0.5) is 10.5 Å². The van der Waals surface area contributed by atoms with Gasteiger partial charge in [0.15, 0.2) is 0 Å². The van der Waals surface area contributed by atoms with Gasteiger partial charge in [-0.3, -0.25) is 10.1 Å². The minimum absolute atomic E-state index is 0.0207. The van der Waals surface area contributed by atoms with Gasteiger partial charge in [0.2, 0.25) is 0 Å². The van der Waals surface area contributed by atoms with Crippen LogP contribution in [0.3, 0.4) is 0 Å². The number of nitrogens with zero attached hydrogens (tertiary/aromatic N) is 1. The van der Waals surface area contributed by atoms with Gasteiger partial charge < -0.3 is 14.2 Å². The number of rotatable bonds is 8. The first kappa shape index (κ1) is 20.9. The molecule has 7 nitrogen and oxygen atoms in total. The highest BCUT2D eigenvalue weighted by Crippen LogP contribution is 2.16. The Labute approximate surface area is 174 Å². The second-order valence-electron chi connectivity index (χ2n) is 6.67. The van der Waals surface area contributed by atoms with Gasteiger partial charge in [0.25, 0.3) is 5.69 Å². The zero-order valence-corrected chi connectivity index (χ0v) is 16.4. The molecule has 0 spiro atoms. The molecule has 0 N–H and O–H groups in total. The summed E-state index contributed by atoms with van der Waals surface area (Å²) in [6.07, 6.45) is -0.812. The molecule has 3 rings (SSSR count). The Morgan fingerprint density at radius 3 is 1.77 bits per heavy atom. The molecule has 0 amide bonds. The van der Waals surface area contributed by atoms with E-state index >= 15 is 0 Å². The molecule has 0 atom stereocenters. The van der Waals surface area contributed by atoms with Crippen LogP contribution in [0, 0.1) is 17.0 Å². The lowest BCUT2D eigenvalue weighted by Crippen LogP contribution is -2.07. The van der Waals surface area contributed by atoms with Crippen LogP contribution in [0.1, 0.15) is 22.3 Å². The van der Waals surface area contributed by atoms with E-state index in [0.29, 0.717) is 12.2 Å². The van der Waals surface area contributed by atoms with Crippen LogP contribution in [-0.4, -0.2) is 11.1 Å². The highest BCUT2D eigenvalue weighted by atomic mass is 16.7. The van der Waals surface area contributed by atoms with Crippen LogP contribution in [0.25, 0.3) is 0 Å². The van der Waals surface area contributed by atoms with E-state index in [1.54, 1.807) is 0 Å². The van der Waals surface area contributed by atoms with Crippen molar-refractivity contribution in [2.45, 2.75) is 26.7 Å². The predicted molar refractivity (Wildman–Crippen MR) is 110 cm³/mol. The molecule has 0 saturated heterocycles. The van der Waals surface area contributed by atoms with Crippen molar-refractivity contribution in [2.24, 2.45) is 0 Å². The SMILES string of the molecule is Cc1ccc(COc2ccc(COC(=O)OCc3ccc([N+](=O)[O-])cc3)cc2)cc1. The first-order valence-corrected chi connectivity index (χ1v) is 9.30. The number of ether oxygens (including phenoxy) is 3. The second kappa shape index (κ2) is 10.1. The fraction of sp³-hybridized carbons (Fsp3) is 0.174. The molecular formula is C23H21NO6. The zero-order valence-electron chi connectivity index (χ0n) is 16.4. The van der Waals surface area contributed by atoms with Crippen molar-refractivity contribution >= 4 is 11.8 Å². The van der Waals surface area contributed by atoms with E-state index in [2.05, 4.69) is 0 Å². The van der Waals surface area contributed by atoms with E-state index in [9.17, 15) is 14.9 Å². The second-order valence-corrected chi connectivity index (χ2v) is 6.67. The third kappa shape index (κ3) is 6.34. The molecule has 0 radical (unpaired) electrons. The average molecular weight is 407 g/mol. The molecular weight excluding hydrogens is 386 g/mol. The Kier molecular flexibility index (Phi) is 7.00. The molecule has 0 unspecified atom stereocenters. The molecule has 154 valence electrons. The van der Waals surface area contributed by atoms with Gasteiger partial charge >= 0.3 is 6.16 Å². The Balaban J connectivity index is 1.40. The first-order chi connectivity index (χ1) is 14.5. The fourth-order valence-electron chi connectivity index (χ4n) is 2.57. The summed E-state index contributed by atoms with van der Waals surface area (Å²) in [4.78, 5) is 21.9. The average Bonchev–Trinajstić information content (AvgIpc) is 2.77. The summed E-state index contributed by atoms with van der Waals surface area (Å²) in [6, 6.07) is 21.2. The number of hydrogen-bond donors (Lipinski definition) is 0. The first-order valence-electron chi connectivity index (χ1n) is 9.30. The summed E-state index contributed by atoms with van der Waals surface area (Å²) in [5, 5.41) is 10.6. The molecule has 0 heterocycles. The van der Waals surface area contributed by atoms with Gasteiger partial charge in [-0.05, 0) is 47.9 Å². The topological polar surface area (TPSA) is 87.9 Å². The number of non-ortho nitro benzene ring substituents is 1. The number of carbonyl (C=O) groups is 1. The smallest absolute Gasteiger partial charge is 0.489 e. The summed E-state index contributed by atoms with van der Waals surface area (Å²) in [6.45, 7) is 2.56. The van der Waals surface area contributed by atoms with Crippen LogP contribution in [0.2, 0.25) is 0 Å². The lowest BCUT2D eigenvalue weighted by Gasteiger charge is -2.09. The summed E-state index contributed by atoms with van der Waals surface area (Å²) in [5.41, 5.74) is 3.70. The van der Waals surface area contributed by atoms with Crippen molar-refractivity contribution in [3.8, 4) is 5.75 Å². The Bertz CT molecular complexity index is 982. The van der Waals surface area contributed by atoms with Gasteiger partial charge in [-0.2, -0.15) is 0 Å². The molecule has 30 heavy (non-hydrogen) atoms. The van der Waals surface area contributed by atoms with Crippen molar-refractivity contribution in [1.29, 1.82) is 0 Å². The van der Waals surface area contributed by atoms with E-state index in [4.69, 9.17) is 14.2 Å². The zero-order chi connectivity index (χ0) is 21.3. The van der Waals surface area contributed by atoms with Crippen molar-refractivity contribution in [2.75, 3.05) is 0 Å². The van der Waals surface area contributed by atoms with Crippen LogP contribution in [0.5, 0.6) is 5.75 Å². The minimum atomic E-state index is -0.812. The number of nitro groups is 1. The van der Waals surface area contributed by atoms with Crippen molar-refractivity contribution in [3.63, 3.8) is 0 Å². The summed E-state index contributed by atoms with van der Waals surface area (Å²) in [7, 11) is 0. The fourth-order valence-corrected chi connectivity index (χ4v) is 2.57. The Morgan fingerprint density at radius 2 is 1.23 bits per heavy atom. The van der Waals surface area contributed by atoms with Gasteiger partial charge in [-0.1, -0.05) is 42.0 Å². The summed E-state index contributed by atoms with van der Waals surface area (Å²) >= 11 is 0. The standard InChI is InChI=1S/C23H21NO6/c1-17-2-4-18(5-3-17)14-28-22-12-8-20(9-13-22)16-30-23(25)29-15-19-6-10-21(11-7-19)24(26)27/h2-13H,14-16H2,1H3. The summed E-state index contributed by atoms with van der Waals surface area (Å²) < 4.78 is 15.8. The Morgan fingerprint density at radius 1 is 0.767 bits per heavy atom. The molecule has 0 aromatic heterocycles. The monoisotopic (exact) mass is 407 g/mol. The van der Waals surface area contributed by atoms with Crippen molar-refractivity contribution in [1.82, 2.24) is 0 Å². The van der Waals surface area contributed by atoms with E-state index in [1.807, 2.05) is 55.5 Å². The summed E-state index contributed by atoms with van der Waals surface area (Å²) in [5.74, 6) is 0.722. The van der Waals surface area contributed by atoms with Crippen molar-refractivity contribution in [3.05, 3.63) is 105 Å². The van der Waals surface area contributed by atoms with Gasteiger partial charge in [-0.25, -0.2) is 4.79 Å². The third-order valence-corrected chi connectivity index (χ3v) is 4.31. The van der Waals surface area contributed by atoms with Crippen LogP contribution in [-0.2, 0) is 29.3 Å². The number of nitro benzene ring substituents is 1. The van der Waals surface area contributed by atoms with Gasteiger partial charge in [-0.15, -0.1) is 0 Å². The van der Waals surface area contributed by atoms with Gasteiger partial charge in [0.05, 0.1) is 4.92 Å². The predicted octanol–water partition coefficient (Wildman–Crippen LogP) is 5.34. The normalized spacial score (nSPS) is 10.3. The van der Waals surface area contributed by atoms with Crippen molar-refractivity contribution < 1.29 is 23.9 Å². The van der Waals surface area contributed by atoms with Gasteiger partial charge in [0, 0.05) is 12.1 Å². The van der Waals surface area contributed by atoms with Crippen LogP contribution >= 0.6 is 0 Å². The third-order valence-electron chi connectivity index (χ3n) is 4.31. The number of benzene rings is 3. The molecule has 0 aliphatic rings. The van der Waals surface area contributed by atoms with E-state index in [1.165, 1.54) is 29.8 Å².